The largest absolute Gasteiger partial charge is 0.484 e. The van der Waals surface area contributed by atoms with Crippen LogP contribution in [0.2, 0.25) is 0 Å². The van der Waals surface area contributed by atoms with Crippen molar-refractivity contribution in [3.8, 4) is 16.9 Å². The maximum Gasteiger partial charge on any atom is 0.411 e. The molecule has 2 unspecified atom stereocenters. The fraction of sp³-hybridized carbons (Fsp3) is 0.432. The van der Waals surface area contributed by atoms with Gasteiger partial charge in [-0.15, -0.1) is 0 Å². The van der Waals surface area contributed by atoms with E-state index >= 15 is 0 Å². The minimum Gasteiger partial charge on any atom is -0.484 e. The number of nitrogens with zero attached hydrogens (tertiary/aromatic N) is 1. The van der Waals surface area contributed by atoms with Crippen LogP contribution in [-0.2, 0) is 59.0 Å². The van der Waals surface area contributed by atoms with Crippen molar-refractivity contribution in [3.63, 3.8) is 0 Å². The monoisotopic (exact) mass is 877 g/mol. The number of carbonyl (C=O) groups excluding carboxylic acids is 7. The Labute approximate surface area is 362 Å². The van der Waals surface area contributed by atoms with Gasteiger partial charge in [0.2, 0.25) is 5.91 Å². The van der Waals surface area contributed by atoms with Crippen LogP contribution in [0, 0.1) is 5.92 Å². The minimum absolute atomic E-state index is 0.0107. The minimum atomic E-state index is -1.51. The zero-order valence-corrected chi connectivity index (χ0v) is 35.3. The van der Waals surface area contributed by atoms with Crippen molar-refractivity contribution in [2.24, 2.45) is 5.92 Å². The number of methoxy groups -OCH3 is 1. The third kappa shape index (κ3) is 10.9. The number of nitrogens with one attached hydrogen (secondary N) is 2. The van der Waals surface area contributed by atoms with E-state index in [0.29, 0.717) is 18.5 Å². The number of anilines is 1. The van der Waals surface area contributed by atoms with Crippen LogP contribution in [-0.4, -0.2) is 104 Å². The molecule has 0 radical (unpaired) electrons. The molecule has 3 aliphatic rings. The normalized spacial score (nSPS) is 21.3. The molecule has 1 heterocycles. The first-order valence-corrected chi connectivity index (χ1v) is 20.5. The summed E-state index contributed by atoms with van der Waals surface area (Å²) in [5, 5.41) is 5.37. The molecular weight excluding hydrogens is 830 g/mol. The van der Waals surface area contributed by atoms with Crippen molar-refractivity contribution in [2.45, 2.75) is 88.9 Å². The molecule has 6 atom stereocenters. The Balaban J connectivity index is 1.18. The number of hydrogen-bond acceptors (Lipinski definition) is 14. The van der Waals surface area contributed by atoms with Crippen LogP contribution in [0.4, 0.5) is 15.3 Å². The van der Waals surface area contributed by atoms with Gasteiger partial charge >= 0.3 is 36.1 Å². The SMILES string of the molecule is COC(=O)[C@H]1CC(Oc2ccc(COC(=O)N3CCCC3Cl)cc2NC(=O)CCNC(=O)OCC2c3ccccc3-c3ccccc32)[C@H](OC(C)=O)[C@@H](OC(C)=O)[C@@H]1OC(C)=O. The number of halogens is 1. The zero-order chi connectivity index (χ0) is 44.5. The molecule has 3 aromatic rings. The first kappa shape index (κ1) is 45.2. The van der Waals surface area contributed by atoms with Crippen LogP contribution < -0.4 is 15.4 Å². The Hall–Kier alpha value is -6.36. The summed E-state index contributed by atoms with van der Waals surface area (Å²) < 4.78 is 39.0. The highest BCUT2D eigenvalue weighted by molar-refractivity contribution is 6.21. The molecule has 330 valence electrons. The Morgan fingerprint density at radius 3 is 2.03 bits per heavy atom. The Bertz CT molecular complexity index is 2140. The third-order valence-corrected chi connectivity index (χ3v) is 11.1. The summed E-state index contributed by atoms with van der Waals surface area (Å²) in [5.41, 5.74) is 4.27. The molecule has 1 saturated heterocycles. The zero-order valence-electron chi connectivity index (χ0n) is 34.6. The number of benzene rings is 3. The molecule has 18 heteroatoms. The molecule has 0 spiro atoms. The first-order valence-electron chi connectivity index (χ1n) is 20.1. The van der Waals surface area contributed by atoms with E-state index in [0.717, 1.165) is 56.6 Å². The van der Waals surface area contributed by atoms with Crippen molar-refractivity contribution >= 4 is 59.3 Å². The Kier molecular flexibility index (Phi) is 14.9. The van der Waals surface area contributed by atoms with E-state index in [1.54, 1.807) is 6.07 Å². The number of carbonyl (C=O) groups is 7. The van der Waals surface area contributed by atoms with Gasteiger partial charge in [-0.25, -0.2) is 9.59 Å². The van der Waals surface area contributed by atoms with E-state index in [9.17, 15) is 33.6 Å². The Morgan fingerprint density at radius 1 is 0.790 bits per heavy atom. The molecule has 0 bridgehead atoms. The molecule has 1 saturated carbocycles. The summed E-state index contributed by atoms with van der Waals surface area (Å²) in [5.74, 6) is -5.22. The standard InChI is InChI=1S/C44H48ClN3O14/c1-24(49)59-39-32(42(53)56-4)21-36(40(60-25(2)50)41(39)61-26(3)51)62-35-16-15-27(22-58-44(55)48-19-9-14-37(48)45)20-34(35)47-38(52)17-18-46-43(54)57-23-33-30-12-7-5-10-28(30)29-11-6-8-13-31(29)33/h5-8,10-13,15-16,20,32-33,36-37,39-41H,9,14,17-19,21-23H2,1-4H3,(H,46,54)(H,47,52)/t32-,36?,37?,39+,40-,41-/m0/s1. The highest BCUT2D eigenvalue weighted by Crippen LogP contribution is 2.44. The second kappa shape index (κ2) is 20.5. The van der Waals surface area contributed by atoms with Gasteiger partial charge in [0.25, 0.3) is 0 Å². The van der Waals surface area contributed by atoms with Crippen LogP contribution in [0.15, 0.2) is 66.7 Å². The predicted molar refractivity (Wildman–Crippen MR) is 220 cm³/mol. The van der Waals surface area contributed by atoms with E-state index in [1.807, 2.05) is 48.5 Å². The second-order valence-electron chi connectivity index (χ2n) is 14.9. The summed E-state index contributed by atoms with van der Waals surface area (Å²) in [7, 11) is 1.13. The fourth-order valence-electron chi connectivity index (χ4n) is 7.97. The highest BCUT2D eigenvalue weighted by atomic mass is 35.5. The van der Waals surface area contributed by atoms with Crippen molar-refractivity contribution in [1.29, 1.82) is 0 Å². The molecule has 3 amide bonds. The van der Waals surface area contributed by atoms with Gasteiger partial charge in [-0.2, -0.15) is 0 Å². The molecule has 3 aromatic carbocycles. The molecule has 2 fully saturated rings. The molecule has 2 aliphatic carbocycles. The number of rotatable bonds is 14. The number of alkyl carbamates (subject to hydrolysis) is 1. The van der Waals surface area contributed by atoms with Crippen LogP contribution in [0.5, 0.6) is 5.75 Å². The fourth-order valence-corrected chi connectivity index (χ4v) is 8.31. The quantitative estimate of drug-likeness (QED) is 0.0876. The van der Waals surface area contributed by atoms with E-state index in [-0.39, 0.29) is 50.0 Å². The van der Waals surface area contributed by atoms with Crippen LogP contribution in [0.25, 0.3) is 11.1 Å². The van der Waals surface area contributed by atoms with E-state index in [2.05, 4.69) is 10.6 Å². The van der Waals surface area contributed by atoms with Crippen molar-refractivity contribution < 1.29 is 66.7 Å². The average molecular weight is 878 g/mol. The first-order chi connectivity index (χ1) is 29.7. The predicted octanol–water partition coefficient (Wildman–Crippen LogP) is 5.59. The van der Waals surface area contributed by atoms with Gasteiger partial charge in [0.15, 0.2) is 18.3 Å². The third-order valence-electron chi connectivity index (χ3n) is 10.6. The molecule has 0 aromatic heterocycles. The van der Waals surface area contributed by atoms with E-state index < -0.39 is 77.8 Å². The maximum atomic E-state index is 13.5. The van der Waals surface area contributed by atoms with Gasteiger partial charge in [0.1, 0.15) is 36.5 Å². The summed E-state index contributed by atoms with van der Waals surface area (Å²) in [6.45, 7) is 3.50. The number of hydrogen-bond donors (Lipinski definition) is 2. The molecule has 2 N–H and O–H groups in total. The summed E-state index contributed by atoms with van der Waals surface area (Å²) >= 11 is 6.26. The van der Waals surface area contributed by atoms with Gasteiger partial charge in [-0.05, 0) is 52.8 Å². The smallest absolute Gasteiger partial charge is 0.411 e. The lowest BCUT2D eigenvalue weighted by atomic mass is 9.80. The number of alkyl halides is 1. The van der Waals surface area contributed by atoms with Gasteiger partial charge in [-0.1, -0.05) is 66.2 Å². The van der Waals surface area contributed by atoms with Crippen molar-refractivity contribution in [3.05, 3.63) is 83.4 Å². The summed E-state index contributed by atoms with van der Waals surface area (Å²) in [6.07, 6.45) is -6.04. The number of fused-ring (bicyclic) bond motifs is 3. The van der Waals surface area contributed by atoms with E-state index in [1.165, 1.54) is 17.0 Å². The lowest BCUT2D eigenvalue weighted by molar-refractivity contribution is -0.213. The van der Waals surface area contributed by atoms with Crippen LogP contribution >= 0.6 is 11.6 Å². The molecule has 62 heavy (non-hydrogen) atoms. The molecular formula is C44H48ClN3O14. The highest BCUT2D eigenvalue weighted by Gasteiger charge is 2.54. The van der Waals surface area contributed by atoms with Gasteiger partial charge < -0.3 is 43.8 Å². The molecule has 17 nitrogen and oxygen atoms in total. The van der Waals surface area contributed by atoms with Crippen molar-refractivity contribution in [1.82, 2.24) is 10.2 Å². The maximum absolute atomic E-state index is 13.5. The average Bonchev–Trinajstić information content (AvgIpc) is 3.81. The van der Waals surface area contributed by atoms with Crippen LogP contribution in [0.1, 0.15) is 69.1 Å². The number of esters is 4. The molecule has 6 rings (SSSR count). The van der Waals surface area contributed by atoms with Gasteiger partial charge in [0, 0.05) is 52.6 Å². The van der Waals surface area contributed by atoms with Crippen LogP contribution in [0.3, 0.4) is 0 Å². The van der Waals surface area contributed by atoms with Gasteiger partial charge in [-0.3, -0.25) is 28.9 Å². The number of ether oxygens (including phenoxy) is 7. The lowest BCUT2D eigenvalue weighted by Crippen LogP contribution is -2.61. The summed E-state index contributed by atoms with van der Waals surface area (Å²) in [6, 6.07) is 20.4. The summed E-state index contributed by atoms with van der Waals surface area (Å²) in [4.78, 5) is 90.6. The second-order valence-corrected chi connectivity index (χ2v) is 15.5. The van der Waals surface area contributed by atoms with Crippen molar-refractivity contribution in [2.75, 3.05) is 32.1 Å². The number of amides is 3. The lowest BCUT2D eigenvalue weighted by Gasteiger charge is -2.43. The number of likely N-dealkylation sites (tertiary alicyclic amines) is 1. The van der Waals surface area contributed by atoms with Gasteiger partial charge in [0.05, 0.1) is 12.8 Å². The molecule has 1 aliphatic heterocycles. The van der Waals surface area contributed by atoms with E-state index in [4.69, 9.17) is 44.8 Å². The topological polar surface area (TPSA) is 211 Å². The Morgan fingerprint density at radius 2 is 1.42 bits per heavy atom.